The third-order valence-corrected chi connectivity index (χ3v) is 3.10. The van der Waals surface area contributed by atoms with E-state index in [1.165, 1.54) is 0 Å². The minimum atomic E-state index is -0.288. The van der Waals surface area contributed by atoms with Gasteiger partial charge in [-0.3, -0.25) is 0 Å². The predicted molar refractivity (Wildman–Crippen MR) is 57.4 cm³/mol. The summed E-state index contributed by atoms with van der Waals surface area (Å²) < 4.78 is 5.63. The lowest BCUT2D eigenvalue weighted by atomic mass is 9.79. The van der Waals surface area contributed by atoms with Crippen LogP contribution in [0.3, 0.4) is 0 Å². The van der Waals surface area contributed by atoms with Gasteiger partial charge < -0.3 is 4.74 Å². The van der Waals surface area contributed by atoms with E-state index in [4.69, 9.17) is 27.9 Å². The van der Waals surface area contributed by atoms with Crippen LogP contribution in [0.1, 0.15) is 33.6 Å². The van der Waals surface area contributed by atoms with Gasteiger partial charge in [0.25, 0.3) is 0 Å². The van der Waals surface area contributed by atoms with Crippen molar-refractivity contribution in [3.63, 3.8) is 0 Å². The van der Waals surface area contributed by atoms with E-state index >= 15 is 0 Å². The molecule has 2 atom stereocenters. The van der Waals surface area contributed by atoms with Crippen molar-refractivity contribution in [3.8, 4) is 0 Å². The molecule has 0 saturated carbocycles. The molecule has 0 bridgehead atoms. The fourth-order valence-corrected chi connectivity index (χ4v) is 2.07. The highest BCUT2D eigenvalue weighted by Crippen LogP contribution is 2.36. The van der Waals surface area contributed by atoms with Crippen LogP contribution in [0, 0.1) is 11.3 Å². The fraction of sp³-hybridized carbons (Fsp3) is 1.00. The van der Waals surface area contributed by atoms with Crippen molar-refractivity contribution in [1.82, 2.24) is 0 Å². The minimum Gasteiger partial charge on any atom is -0.378 e. The third-order valence-electron chi connectivity index (χ3n) is 2.75. The average Bonchev–Trinajstić information content (AvgIpc) is 2.32. The smallest absolute Gasteiger partial charge is 0.110 e. The van der Waals surface area contributed by atoms with E-state index in [2.05, 4.69) is 20.8 Å². The van der Waals surface area contributed by atoms with Crippen molar-refractivity contribution in [1.29, 1.82) is 0 Å². The monoisotopic (exact) mass is 224 g/mol. The van der Waals surface area contributed by atoms with Crippen LogP contribution in [0.4, 0.5) is 0 Å². The maximum Gasteiger partial charge on any atom is 0.110 e. The largest absolute Gasteiger partial charge is 0.378 e. The highest BCUT2D eigenvalue weighted by Gasteiger charge is 2.34. The van der Waals surface area contributed by atoms with E-state index < -0.39 is 0 Å². The first kappa shape index (κ1) is 11.6. The summed E-state index contributed by atoms with van der Waals surface area (Å²) in [6, 6.07) is 0. The van der Waals surface area contributed by atoms with E-state index in [0.717, 1.165) is 19.4 Å². The Morgan fingerprint density at radius 3 is 2.38 bits per heavy atom. The standard InChI is InChI=1S/C10H18Cl2O/c1-10(2,3)7-4-8(13-6-7)5-9(11)12/h7-9H,4-6H2,1-3H3/t7-,8+/m0/s1. The number of alkyl halides is 2. The zero-order valence-corrected chi connectivity index (χ0v) is 10.0. The first-order valence-corrected chi connectivity index (χ1v) is 5.66. The Hall–Kier alpha value is 0.540. The third kappa shape index (κ3) is 3.65. The van der Waals surface area contributed by atoms with Crippen LogP contribution in [-0.4, -0.2) is 17.5 Å². The Bertz CT molecular complexity index is 163. The molecule has 1 aliphatic rings. The molecule has 0 radical (unpaired) electrons. The average molecular weight is 225 g/mol. The molecular weight excluding hydrogens is 207 g/mol. The molecular formula is C10H18Cl2O. The van der Waals surface area contributed by atoms with E-state index in [9.17, 15) is 0 Å². The molecule has 3 heteroatoms. The molecule has 1 rings (SSSR count). The molecule has 0 aromatic carbocycles. The molecule has 1 nitrogen and oxygen atoms in total. The molecule has 0 amide bonds. The highest BCUT2D eigenvalue weighted by atomic mass is 35.5. The lowest BCUT2D eigenvalue weighted by molar-refractivity contribution is 0.0938. The molecule has 0 N–H and O–H groups in total. The van der Waals surface area contributed by atoms with Gasteiger partial charge in [0.15, 0.2) is 0 Å². The second kappa shape index (κ2) is 4.37. The van der Waals surface area contributed by atoms with Crippen molar-refractivity contribution in [2.45, 2.75) is 44.6 Å². The summed E-state index contributed by atoms with van der Waals surface area (Å²) >= 11 is 11.4. The van der Waals surface area contributed by atoms with Crippen LogP contribution in [0.5, 0.6) is 0 Å². The molecule has 0 aliphatic carbocycles. The van der Waals surface area contributed by atoms with Gasteiger partial charge in [-0.05, 0) is 17.8 Å². The predicted octanol–water partition coefficient (Wildman–Crippen LogP) is 3.63. The summed E-state index contributed by atoms with van der Waals surface area (Å²) in [5, 5.41) is 0. The summed E-state index contributed by atoms with van der Waals surface area (Å²) in [7, 11) is 0. The molecule has 0 aromatic heterocycles. The quantitative estimate of drug-likeness (QED) is 0.652. The Morgan fingerprint density at radius 1 is 1.38 bits per heavy atom. The molecule has 1 fully saturated rings. The van der Waals surface area contributed by atoms with Gasteiger partial charge in [-0.2, -0.15) is 0 Å². The molecule has 13 heavy (non-hydrogen) atoms. The summed E-state index contributed by atoms with van der Waals surface area (Å²) in [5.41, 5.74) is 0.336. The maximum absolute atomic E-state index is 5.71. The SMILES string of the molecule is CC(C)(C)[C@@H]1CO[C@@H](CC(Cl)Cl)C1. The normalized spacial score (nSPS) is 30.0. The van der Waals surface area contributed by atoms with Crippen molar-refractivity contribution >= 4 is 23.2 Å². The van der Waals surface area contributed by atoms with Crippen LogP contribution in [-0.2, 0) is 4.74 Å². The molecule has 1 aliphatic heterocycles. The number of hydrogen-bond donors (Lipinski definition) is 0. The van der Waals surface area contributed by atoms with Crippen LogP contribution >= 0.6 is 23.2 Å². The molecule has 1 saturated heterocycles. The Morgan fingerprint density at radius 2 is 2.00 bits per heavy atom. The number of ether oxygens (including phenoxy) is 1. The molecule has 0 unspecified atom stereocenters. The fourth-order valence-electron chi connectivity index (χ4n) is 1.67. The molecule has 78 valence electrons. The maximum atomic E-state index is 5.71. The number of halogens is 2. The van der Waals surface area contributed by atoms with Gasteiger partial charge in [0.2, 0.25) is 0 Å². The second-order valence-electron chi connectivity index (χ2n) is 4.88. The highest BCUT2D eigenvalue weighted by molar-refractivity contribution is 6.44. The van der Waals surface area contributed by atoms with Gasteiger partial charge in [0.1, 0.15) is 4.84 Å². The topological polar surface area (TPSA) is 9.23 Å². The number of rotatable bonds is 2. The van der Waals surface area contributed by atoms with Crippen LogP contribution in [0.2, 0.25) is 0 Å². The second-order valence-corrected chi connectivity index (χ2v) is 6.16. The molecule has 0 aromatic rings. The Kier molecular flexibility index (Phi) is 3.91. The number of hydrogen-bond acceptors (Lipinski definition) is 1. The van der Waals surface area contributed by atoms with Gasteiger partial charge in [-0.25, -0.2) is 0 Å². The van der Waals surface area contributed by atoms with E-state index in [1.807, 2.05) is 0 Å². The summed E-state index contributed by atoms with van der Waals surface area (Å²) in [5.74, 6) is 0.643. The van der Waals surface area contributed by atoms with E-state index in [0.29, 0.717) is 11.3 Å². The van der Waals surface area contributed by atoms with Crippen molar-refractivity contribution in [3.05, 3.63) is 0 Å². The van der Waals surface area contributed by atoms with Gasteiger partial charge >= 0.3 is 0 Å². The molecule has 1 heterocycles. The van der Waals surface area contributed by atoms with Crippen LogP contribution in [0.25, 0.3) is 0 Å². The van der Waals surface area contributed by atoms with Crippen LogP contribution < -0.4 is 0 Å². The summed E-state index contributed by atoms with van der Waals surface area (Å²) in [4.78, 5) is -0.288. The summed E-state index contributed by atoms with van der Waals surface area (Å²) in [6.45, 7) is 7.61. The first-order chi connectivity index (χ1) is 5.89. The van der Waals surface area contributed by atoms with Gasteiger partial charge in [-0.1, -0.05) is 20.8 Å². The van der Waals surface area contributed by atoms with E-state index in [1.54, 1.807) is 0 Å². The Balaban J connectivity index is 2.36. The Labute approximate surface area is 90.7 Å². The lowest BCUT2D eigenvalue weighted by Crippen LogP contribution is -2.20. The van der Waals surface area contributed by atoms with Crippen molar-refractivity contribution in [2.24, 2.45) is 11.3 Å². The van der Waals surface area contributed by atoms with Crippen molar-refractivity contribution < 1.29 is 4.74 Å². The van der Waals surface area contributed by atoms with E-state index in [-0.39, 0.29) is 10.9 Å². The first-order valence-electron chi connectivity index (χ1n) is 4.79. The van der Waals surface area contributed by atoms with Gasteiger partial charge in [0.05, 0.1) is 12.7 Å². The van der Waals surface area contributed by atoms with Gasteiger partial charge in [-0.15, -0.1) is 23.2 Å². The van der Waals surface area contributed by atoms with Gasteiger partial charge in [0, 0.05) is 6.42 Å². The zero-order valence-electron chi connectivity index (χ0n) is 8.52. The van der Waals surface area contributed by atoms with Crippen LogP contribution in [0.15, 0.2) is 0 Å². The zero-order chi connectivity index (χ0) is 10.1. The van der Waals surface area contributed by atoms with Crippen molar-refractivity contribution in [2.75, 3.05) is 6.61 Å². The lowest BCUT2D eigenvalue weighted by Gasteiger charge is -2.25. The molecule has 0 spiro atoms. The summed E-state index contributed by atoms with van der Waals surface area (Å²) in [6.07, 6.45) is 2.12. The minimum absolute atomic E-state index is 0.268.